The molecule has 0 aliphatic carbocycles. The van der Waals surface area contributed by atoms with Crippen LogP contribution < -0.4 is 10.6 Å². The summed E-state index contributed by atoms with van der Waals surface area (Å²) in [5.74, 6) is 1.12. The molecule has 0 fully saturated rings. The zero-order valence-corrected chi connectivity index (χ0v) is 10.3. The normalized spacial score (nSPS) is 16.2. The van der Waals surface area contributed by atoms with E-state index in [4.69, 9.17) is 21.4 Å². The van der Waals surface area contributed by atoms with E-state index in [1.807, 2.05) is 12.1 Å². The number of aryl methyl sites for hydroxylation is 1. The molecule has 5 nitrogen and oxygen atoms in total. The third-order valence-electron chi connectivity index (χ3n) is 3.24. The molecule has 0 saturated heterocycles. The fourth-order valence-electron chi connectivity index (χ4n) is 2.26. The lowest BCUT2D eigenvalue weighted by Gasteiger charge is -2.43. The lowest BCUT2D eigenvalue weighted by atomic mass is 9.59. The van der Waals surface area contributed by atoms with E-state index in [0.29, 0.717) is 17.3 Å². The van der Waals surface area contributed by atoms with E-state index >= 15 is 0 Å². The smallest absolute Gasteiger partial charge is 0.148 e. The molecule has 1 aliphatic heterocycles. The second kappa shape index (κ2) is 3.31. The first-order chi connectivity index (χ1) is 8.43. The quantitative estimate of drug-likeness (QED) is 0.517. The summed E-state index contributed by atoms with van der Waals surface area (Å²) in [5.41, 5.74) is 8.20. The number of para-hydroxylation sites is 1. The Bertz CT molecular complexity index is 634. The van der Waals surface area contributed by atoms with Crippen molar-refractivity contribution in [3.8, 4) is 5.69 Å². The summed E-state index contributed by atoms with van der Waals surface area (Å²) in [7, 11) is 14.1. The van der Waals surface area contributed by atoms with Crippen molar-refractivity contribution in [2.24, 2.45) is 0 Å². The highest BCUT2D eigenvalue weighted by atomic mass is 15.4. The van der Waals surface area contributed by atoms with Gasteiger partial charge in [0.25, 0.3) is 0 Å². The third-order valence-corrected chi connectivity index (χ3v) is 3.24. The van der Waals surface area contributed by atoms with Crippen LogP contribution in [0, 0.1) is 6.92 Å². The van der Waals surface area contributed by atoms with Crippen LogP contribution in [0.4, 0.5) is 11.4 Å². The van der Waals surface area contributed by atoms with Crippen LogP contribution in [0.15, 0.2) is 18.2 Å². The molecule has 1 aliphatic rings. The summed E-state index contributed by atoms with van der Waals surface area (Å²) in [5, 5.41) is 3.09. The fraction of sp³-hybridized carbons (Fsp3) is 0.273. The van der Waals surface area contributed by atoms with Gasteiger partial charge in [0.05, 0.1) is 17.1 Å². The monoisotopic (exact) mass is 235 g/mol. The molecule has 7 heteroatoms. The molecule has 2 aromatic rings. The number of benzene rings is 1. The Hall–Kier alpha value is -1.91. The molecule has 0 unspecified atom stereocenters. The van der Waals surface area contributed by atoms with Crippen molar-refractivity contribution in [2.75, 3.05) is 17.7 Å². The average Bonchev–Trinajstić information content (AvgIpc) is 2.69. The molecule has 3 rings (SSSR count). The molecule has 0 spiro atoms. The molecule has 18 heavy (non-hydrogen) atoms. The van der Waals surface area contributed by atoms with Crippen molar-refractivity contribution in [3.63, 3.8) is 0 Å². The Balaban J connectivity index is 2.40. The molecule has 2 heterocycles. The summed E-state index contributed by atoms with van der Waals surface area (Å²) in [6.45, 7) is 1.80. The first kappa shape index (κ1) is 11.2. The van der Waals surface area contributed by atoms with E-state index in [1.165, 1.54) is 0 Å². The minimum Gasteiger partial charge on any atom is -0.397 e. The van der Waals surface area contributed by atoms with Crippen molar-refractivity contribution in [1.29, 1.82) is 0 Å². The van der Waals surface area contributed by atoms with Crippen LogP contribution in [0.2, 0.25) is 0 Å². The standard InChI is InChI=1S/C11H11B2N5/c1-6-15-10-11(12,13)17(2)9-7(14)4-3-5-8(9)18(10)16-6/h3-5H,14H2,1-2H3. The van der Waals surface area contributed by atoms with E-state index in [1.54, 1.807) is 29.6 Å². The molecule has 0 amide bonds. The largest absolute Gasteiger partial charge is 0.397 e. The van der Waals surface area contributed by atoms with Crippen LogP contribution in [0.1, 0.15) is 11.6 Å². The highest BCUT2D eigenvalue weighted by Gasteiger charge is 2.37. The maximum absolute atomic E-state index is 6.15. The van der Waals surface area contributed by atoms with Crippen LogP contribution in [-0.4, -0.2) is 37.5 Å². The van der Waals surface area contributed by atoms with Crippen LogP contribution in [-0.2, 0) is 5.34 Å². The minimum atomic E-state index is -1.23. The van der Waals surface area contributed by atoms with E-state index in [2.05, 4.69) is 10.1 Å². The Labute approximate surface area is 108 Å². The van der Waals surface area contributed by atoms with Gasteiger partial charge in [-0.1, -0.05) is 6.07 Å². The van der Waals surface area contributed by atoms with Gasteiger partial charge >= 0.3 is 0 Å². The van der Waals surface area contributed by atoms with Crippen LogP contribution in [0.5, 0.6) is 0 Å². The predicted octanol–water partition coefficient (Wildman–Crippen LogP) is 0.0550. The van der Waals surface area contributed by atoms with Gasteiger partial charge in [-0.3, -0.25) is 0 Å². The average molecular weight is 235 g/mol. The highest BCUT2D eigenvalue weighted by Crippen LogP contribution is 2.40. The van der Waals surface area contributed by atoms with Crippen molar-refractivity contribution in [2.45, 2.75) is 12.3 Å². The molecule has 1 aromatic heterocycles. The molecule has 0 atom stereocenters. The molecule has 4 radical (unpaired) electrons. The van der Waals surface area contributed by atoms with E-state index in [0.717, 1.165) is 11.4 Å². The summed E-state index contributed by atoms with van der Waals surface area (Å²) in [6, 6.07) is 5.58. The molecular formula is C11H11B2N5. The van der Waals surface area contributed by atoms with Crippen LogP contribution >= 0.6 is 0 Å². The van der Waals surface area contributed by atoms with E-state index in [-0.39, 0.29) is 0 Å². The minimum absolute atomic E-state index is 0.501. The number of anilines is 2. The topological polar surface area (TPSA) is 60.0 Å². The molecule has 86 valence electrons. The Morgan fingerprint density at radius 3 is 2.78 bits per heavy atom. The zero-order chi connectivity index (χ0) is 13.1. The van der Waals surface area contributed by atoms with Gasteiger partial charge in [0.15, 0.2) is 0 Å². The Morgan fingerprint density at radius 1 is 1.33 bits per heavy atom. The van der Waals surface area contributed by atoms with E-state index < -0.39 is 5.34 Å². The number of aromatic nitrogens is 3. The second-order valence-electron chi connectivity index (χ2n) is 4.49. The van der Waals surface area contributed by atoms with Crippen LogP contribution in [0.25, 0.3) is 5.69 Å². The molecular weight excluding hydrogens is 224 g/mol. The van der Waals surface area contributed by atoms with Gasteiger partial charge in [-0.05, 0) is 19.1 Å². The molecule has 0 bridgehead atoms. The van der Waals surface area contributed by atoms with Gasteiger partial charge in [0.1, 0.15) is 27.3 Å². The first-order valence-electron chi connectivity index (χ1n) is 5.57. The van der Waals surface area contributed by atoms with Crippen molar-refractivity contribution in [1.82, 2.24) is 14.8 Å². The van der Waals surface area contributed by atoms with Gasteiger partial charge in [-0.15, -0.1) is 0 Å². The van der Waals surface area contributed by atoms with Crippen molar-refractivity contribution >= 4 is 27.1 Å². The molecule has 1 aromatic carbocycles. The summed E-state index contributed by atoms with van der Waals surface area (Å²) >= 11 is 0. The Kier molecular flexibility index (Phi) is 2.06. The molecule has 2 N–H and O–H groups in total. The summed E-state index contributed by atoms with van der Waals surface area (Å²) < 4.78 is 1.65. The number of nitrogens with zero attached hydrogens (tertiary/aromatic N) is 4. The van der Waals surface area contributed by atoms with E-state index in [9.17, 15) is 0 Å². The SMILES string of the molecule is [B]C1([B])c2nc(C)nn2-c2cccc(N)c2N1C. The second-order valence-corrected chi connectivity index (χ2v) is 4.49. The number of rotatable bonds is 0. The van der Waals surface area contributed by atoms with Gasteiger partial charge in [0.2, 0.25) is 0 Å². The number of nitrogen functional groups attached to an aromatic ring is 1. The lowest BCUT2D eigenvalue weighted by molar-refractivity contribution is 0.661. The maximum Gasteiger partial charge on any atom is 0.148 e. The van der Waals surface area contributed by atoms with Crippen LogP contribution in [0.3, 0.4) is 0 Å². The van der Waals surface area contributed by atoms with Gasteiger partial charge < -0.3 is 10.6 Å². The third kappa shape index (κ3) is 1.24. The lowest BCUT2D eigenvalue weighted by Crippen LogP contribution is -2.50. The maximum atomic E-state index is 6.15. The van der Waals surface area contributed by atoms with Gasteiger partial charge in [-0.2, -0.15) is 5.10 Å². The zero-order valence-electron chi connectivity index (χ0n) is 10.3. The predicted molar refractivity (Wildman–Crippen MR) is 72.1 cm³/mol. The van der Waals surface area contributed by atoms with Gasteiger partial charge in [0, 0.05) is 12.4 Å². The Morgan fingerprint density at radius 2 is 2.06 bits per heavy atom. The first-order valence-corrected chi connectivity index (χ1v) is 5.57. The van der Waals surface area contributed by atoms with Gasteiger partial charge in [-0.25, -0.2) is 9.67 Å². The number of nitrogens with two attached hydrogens (primary N) is 1. The molecule has 0 saturated carbocycles. The van der Waals surface area contributed by atoms with Crippen molar-refractivity contribution in [3.05, 3.63) is 29.8 Å². The summed E-state index contributed by atoms with van der Waals surface area (Å²) in [4.78, 5) is 6.03. The number of hydrogen-bond acceptors (Lipinski definition) is 4. The number of fused-ring (bicyclic) bond motifs is 3. The highest BCUT2D eigenvalue weighted by molar-refractivity contribution is 6.41. The summed E-state index contributed by atoms with van der Waals surface area (Å²) in [6.07, 6.45) is 0. The fourth-order valence-corrected chi connectivity index (χ4v) is 2.26. The number of hydrogen-bond donors (Lipinski definition) is 1. The van der Waals surface area contributed by atoms with Crippen molar-refractivity contribution < 1.29 is 0 Å².